The van der Waals surface area contributed by atoms with E-state index in [1.54, 1.807) is 11.1 Å². The van der Waals surface area contributed by atoms with Gasteiger partial charge in [0.05, 0.1) is 0 Å². The van der Waals surface area contributed by atoms with E-state index in [-0.39, 0.29) is 40.6 Å². The molecule has 0 amide bonds. The van der Waals surface area contributed by atoms with E-state index < -0.39 is 8.07 Å². The van der Waals surface area contributed by atoms with Crippen molar-refractivity contribution >= 4 is 23.6 Å². The summed E-state index contributed by atoms with van der Waals surface area (Å²) in [7, 11) is -2.61. The van der Waals surface area contributed by atoms with Gasteiger partial charge in [-0.3, -0.25) is 0 Å². The number of hydrogen-bond acceptors (Lipinski definition) is 0. The van der Waals surface area contributed by atoms with E-state index in [0.717, 1.165) is 12.8 Å². The molecule has 3 aromatic carbocycles. The van der Waals surface area contributed by atoms with Crippen molar-refractivity contribution in [2.75, 3.05) is 0 Å². The minimum Gasteiger partial charge on any atom is -1.00 e. The van der Waals surface area contributed by atoms with Crippen LogP contribution >= 0.6 is 0 Å². The van der Waals surface area contributed by atoms with Crippen molar-refractivity contribution in [3.63, 3.8) is 0 Å². The van der Waals surface area contributed by atoms with E-state index in [1.165, 1.54) is 74.6 Å². The third kappa shape index (κ3) is 6.93. The molecule has 0 saturated carbocycles. The van der Waals surface area contributed by atoms with Gasteiger partial charge in [-0.1, -0.05) is 0 Å². The summed E-state index contributed by atoms with van der Waals surface area (Å²) in [4.78, 5) is 0. The van der Waals surface area contributed by atoms with Gasteiger partial charge in [0.1, 0.15) is 0 Å². The number of aryl methyl sites for hydroxylation is 4. The third-order valence-electron chi connectivity index (χ3n) is 9.44. The molecule has 0 bridgehead atoms. The normalized spacial score (nSPS) is 14.3. The van der Waals surface area contributed by atoms with E-state index >= 15 is 0 Å². The Hall–Kier alpha value is -1.06. The average molecular weight is 674 g/mol. The predicted octanol–water partition coefficient (Wildman–Crippen LogP) is -0.598. The molecule has 0 aromatic heterocycles. The maximum Gasteiger partial charge on any atom is -1.00 e. The van der Waals surface area contributed by atoms with E-state index in [1.807, 2.05) is 0 Å². The quantitative estimate of drug-likeness (QED) is 0.200. The van der Waals surface area contributed by atoms with Gasteiger partial charge in [0.2, 0.25) is 0 Å². The van der Waals surface area contributed by atoms with Crippen LogP contribution in [0.4, 0.5) is 0 Å². The van der Waals surface area contributed by atoms with Gasteiger partial charge in [-0.25, -0.2) is 0 Å². The smallest absolute Gasteiger partial charge is 1.00 e. The maximum absolute atomic E-state index is 2.61. The van der Waals surface area contributed by atoms with Gasteiger partial charge >= 0.3 is 253 Å². The minimum atomic E-state index is -2.61. The van der Waals surface area contributed by atoms with Crippen LogP contribution in [-0.4, -0.2) is 8.07 Å². The van der Waals surface area contributed by atoms with Crippen molar-refractivity contribution in [2.24, 2.45) is 0 Å². The molecule has 1 aliphatic carbocycles. The standard InChI is InChI=1S/C37H47Si.3ClH.Ti/c1-9-11-13-32-15-19-34(20-16-32)38(36-24-26(3)23-27(4)25-36,37-30(7)28(5)29(6)31(37)8)35-21-17-33(18-22-35)14-12-10-2;;;;/h15-25H,9-14H2,1-8H3;3*1H;/q;;;;+3/p-3. The van der Waals surface area contributed by atoms with Crippen LogP contribution in [0.25, 0.3) is 0 Å². The van der Waals surface area contributed by atoms with Gasteiger partial charge in [-0.05, 0) is 0 Å². The Balaban J connectivity index is 0.00000294. The number of allylic oxidation sites excluding steroid dienone is 4. The minimum absolute atomic E-state index is 0. The molecular formula is C37H47Cl3SiTi. The van der Waals surface area contributed by atoms with Crippen LogP contribution in [0, 0.1) is 13.8 Å². The Kier molecular flexibility index (Phi) is 15.1. The first-order valence-corrected chi connectivity index (χ1v) is 17.8. The van der Waals surface area contributed by atoms with Crippen molar-refractivity contribution in [1.29, 1.82) is 0 Å². The first-order chi connectivity index (χ1) is 18.6. The Morgan fingerprint density at radius 1 is 0.548 bits per heavy atom. The molecule has 0 fully saturated rings. The fourth-order valence-corrected chi connectivity index (χ4v) is 15.5. The van der Waals surface area contributed by atoms with Crippen molar-refractivity contribution in [3.8, 4) is 0 Å². The number of rotatable bonds is 10. The molecule has 5 heteroatoms. The van der Waals surface area contributed by atoms with Crippen molar-refractivity contribution in [2.45, 2.75) is 97.3 Å². The van der Waals surface area contributed by atoms with Gasteiger partial charge < -0.3 is 37.2 Å². The molecule has 224 valence electrons. The van der Waals surface area contributed by atoms with Crippen LogP contribution < -0.4 is 52.8 Å². The fraction of sp³-hybridized carbons (Fsp3) is 0.405. The molecule has 0 radical (unpaired) electrons. The summed E-state index contributed by atoms with van der Waals surface area (Å²) in [6.45, 7) is 18.7. The summed E-state index contributed by atoms with van der Waals surface area (Å²) in [5, 5.41) is 4.59. The molecule has 0 saturated heterocycles. The first kappa shape index (κ1) is 39.0. The zero-order valence-electron chi connectivity index (χ0n) is 26.7. The number of halogens is 3. The molecule has 0 nitrogen and oxygen atoms in total. The monoisotopic (exact) mass is 672 g/mol. The number of benzene rings is 3. The Morgan fingerprint density at radius 3 is 1.24 bits per heavy atom. The zero-order chi connectivity index (χ0) is 28.4. The Morgan fingerprint density at radius 2 is 0.905 bits per heavy atom. The molecule has 0 heterocycles. The van der Waals surface area contributed by atoms with E-state index in [0.29, 0.717) is 0 Å². The van der Waals surface area contributed by atoms with Gasteiger partial charge in [-0.2, -0.15) is 0 Å². The molecule has 1 aliphatic rings. The third-order valence-corrected chi connectivity index (χ3v) is 17.8. The maximum atomic E-state index is 2.58. The SMILES string of the molecule is CCCCc1ccc([Si](c2ccc(CCCC)cc2)(c2cc(C)cc(C)c2)[C]2([Ti+3])C(C)=C(C)C(C)=C2C)cc1.[Cl-].[Cl-].[Cl-]. The Labute approximate surface area is 287 Å². The molecule has 0 atom stereocenters. The fourth-order valence-electron chi connectivity index (χ4n) is 6.91. The van der Waals surface area contributed by atoms with Gasteiger partial charge in [-0.15, -0.1) is 0 Å². The molecule has 0 spiro atoms. The number of unbranched alkanes of at least 4 members (excludes halogenated alkanes) is 2. The summed E-state index contributed by atoms with van der Waals surface area (Å²) in [5.74, 6) is 0. The molecule has 0 unspecified atom stereocenters. The average Bonchev–Trinajstić information content (AvgIpc) is 3.07. The molecular weight excluding hydrogens is 627 g/mol. The summed E-state index contributed by atoms with van der Waals surface area (Å²) in [6.07, 6.45) is 7.29. The van der Waals surface area contributed by atoms with Gasteiger partial charge in [0.15, 0.2) is 0 Å². The largest absolute Gasteiger partial charge is 1.00 e. The second-order valence-corrected chi connectivity index (χ2v) is 17.9. The predicted molar refractivity (Wildman–Crippen MR) is 170 cm³/mol. The van der Waals surface area contributed by atoms with Crippen molar-refractivity contribution in [1.82, 2.24) is 0 Å². The van der Waals surface area contributed by atoms with Crippen LogP contribution in [0.3, 0.4) is 0 Å². The van der Waals surface area contributed by atoms with E-state index in [4.69, 9.17) is 0 Å². The molecule has 4 rings (SSSR count). The van der Waals surface area contributed by atoms with Crippen molar-refractivity contribution in [3.05, 3.63) is 111 Å². The van der Waals surface area contributed by atoms with Gasteiger partial charge in [0.25, 0.3) is 0 Å². The van der Waals surface area contributed by atoms with Crippen LogP contribution in [0.5, 0.6) is 0 Å². The molecule has 42 heavy (non-hydrogen) atoms. The zero-order valence-corrected chi connectivity index (χ0v) is 31.6. The van der Waals surface area contributed by atoms with Crippen molar-refractivity contribution < 1.29 is 57.7 Å². The topological polar surface area (TPSA) is 0 Å². The Bertz CT molecular complexity index is 1290. The second kappa shape index (κ2) is 16.3. The van der Waals surface area contributed by atoms with Gasteiger partial charge in [0, 0.05) is 0 Å². The van der Waals surface area contributed by atoms with Crippen LogP contribution in [0.2, 0.25) is 3.34 Å². The molecule has 0 aliphatic heterocycles. The summed E-state index contributed by atoms with van der Waals surface area (Å²) >= 11 is 2.58. The second-order valence-electron chi connectivity index (χ2n) is 12.0. The van der Waals surface area contributed by atoms with E-state index in [9.17, 15) is 0 Å². The van der Waals surface area contributed by atoms with E-state index in [2.05, 4.69) is 143 Å². The summed E-state index contributed by atoms with van der Waals surface area (Å²) < 4.78 is -0.0583. The van der Waals surface area contributed by atoms with Crippen LogP contribution in [0.15, 0.2) is 89.0 Å². The van der Waals surface area contributed by atoms with Crippen LogP contribution in [0.1, 0.15) is 89.5 Å². The number of hydrogen-bond donors (Lipinski definition) is 0. The molecule has 3 aromatic rings. The molecule has 0 N–H and O–H groups in total. The first-order valence-electron chi connectivity index (χ1n) is 15.0. The summed E-state index contributed by atoms with van der Waals surface area (Å²) in [6, 6.07) is 27.1. The summed E-state index contributed by atoms with van der Waals surface area (Å²) in [5.41, 5.74) is 11.7. The van der Waals surface area contributed by atoms with Crippen LogP contribution in [-0.2, 0) is 33.3 Å².